The van der Waals surface area contributed by atoms with Crippen LogP contribution in [0.15, 0.2) is 43.2 Å². The molecule has 7 nitrogen and oxygen atoms in total. The fraction of sp³-hybridized carbons (Fsp3) is 0.316. The summed E-state index contributed by atoms with van der Waals surface area (Å²) in [6.07, 6.45) is 13.5. The Hall–Kier alpha value is -2.96. The van der Waals surface area contributed by atoms with Crippen molar-refractivity contribution in [3.8, 4) is 22.5 Å². The molecule has 0 fully saturated rings. The fourth-order valence-corrected chi connectivity index (χ4v) is 3.22. The molecule has 0 aliphatic heterocycles. The molecule has 4 aromatic heterocycles. The molecule has 0 N–H and O–H groups in total. The Balaban J connectivity index is 1.82. The normalized spacial score (nSPS) is 11.7. The van der Waals surface area contributed by atoms with E-state index in [0.29, 0.717) is 12.6 Å². The summed E-state index contributed by atoms with van der Waals surface area (Å²) >= 11 is 0. The lowest BCUT2D eigenvalue weighted by molar-refractivity contribution is 0.428. The Kier molecular flexibility index (Phi) is 4.28. The van der Waals surface area contributed by atoms with E-state index in [1.54, 1.807) is 17.1 Å². The van der Waals surface area contributed by atoms with Gasteiger partial charge < -0.3 is 0 Å². The molecule has 0 unspecified atom stereocenters. The van der Waals surface area contributed by atoms with Crippen LogP contribution in [0.2, 0.25) is 0 Å². The molecule has 0 atom stereocenters. The number of fused-ring (bicyclic) bond motifs is 1. The van der Waals surface area contributed by atoms with Crippen molar-refractivity contribution in [1.29, 1.82) is 0 Å². The van der Waals surface area contributed by atoms with Crippen LogP contribution in [0.5, 0.6) is 0 Å². The summed E-state index contributed by atoms with van der Waals surface area (Å²) in [4.78, 5) is 4.90. The van der Waals surface area contributed by atoms with Gasteiger partial charge in [0.2, 0.25) is 0 Å². The lowest BCUT2D eigenvalue weighted by Gasteiger charge is -2.12. The molecule has 0 aromatic carbocycles. The summed E-state index contributed by atoms with van der Waals surface area (Å²) < 4.78 is 5.68. The zero-order chi connectivity index (χ0) is 18.1. The summed E-state index contributed by atoms with van der Waals surface area (Å²) in [5.74, 6) is 0. The van der Waals surface area contributed by atoms with Crippen LogP contribution in [0, 0.1) is 6.92 Å². The zero-order valence-electron chi connectivity index (χ0n) is 15.1. The highest BCUT2D eigenvalue weighted by Crippen LogP contribution is 2.27. The van der Waals surface area contributed by atoms with Crippen molar-refractivity contribution in [3.63, 3.8) is 0 Å². The van der Waals surface area contributed by atoms with E-state index in [0.717, 1.165) is 40.9 Å². The van der Waals surface area contributed by atoms with Crippen molar-refractivity contribution in [2.24, 2.45) is 0 Å². The molecule has 0 bridgehead atoms. The lowest BCUT2D eigenvalue weighted by Crippen LogP contribution is -2.06. The Bertz CT molecular complexity index is 1020. The van der Waals surface area contributed by atoms with Crippen molar-refractivity contribution in [2.75, 3.05) is 0 Å². The molecule has 0 amide bonds. The van der Waals surface area contributed by atoms with E-state index in [2.05, 4.69) is 42.3 Å². The van der Waals surface area contributed by atoms with E-state index in [4.69, 9.17) is 4.98 Å². The third-order valence-electron chi connectivity index (χ3n) is 4.74. The Morgan fingerprint density at radius 2 is 1.81 bits per heavy atom. The van der Waals surface area contributed by atoms with Crippen LogP contribution in [0.25, 0.3) is 28.0 Å². The maximum atomic E-state index is 4.90. The van der Waals surface area contributed by atoms with Crippen LogP contribution in [0.1, 0.15) is 32.7 Å². The van der Waals surface area contributed by atoms with Crippen molar-refractivity contribution in [1.82, 2.24) is 34.2 Å². The first-order chi connectivity index (χ1) is 12.7. The summed E-state index contributed by atoms with van der Waals surface area (Å²) in [5.41, 5.74) is 4.60. The summed E-state index contributed by atoms with van der Waals surface area (Å²) in [5, 5.41) is 13.3. The van der Waals surface area contributed by atoms with Gasteiger partial charge in [-0.05, 0) is 25.8 Å². The van der Waals surface area contributed by atoms with Crippen LogP contribution >= 0.6 is 0 Å². The summed E-state index contributed by atoms with van der Waals surface area (Å²) in [7, 11) is 0. The van der Waals surface area contributed by atoms with E-state index >= 15 is 0 Å². The minimum absolute atomic E-state index is 0.406. The van der Waals surface area contributed by atoms with Gasteiger partial charge in [0.15, 0.2) is 0 Å². The third-order valence-corrected chi connectivity index (χ3v) is 4.74. The molecule has 4 heterocycles. The predicted molar refractivity (Wildman–Crippen MR) is 100 cm³/mol. The van der Waals surface area contributed by atoms with Gasteiger partial charge in [0, 0.05) is 30.1 Å². The minimum atomic E-state index is 0.406. The number of hydrogen-bond acceptors (Lipinski definition) is 4. The Labute approximate surface area is 152 Å². The molecule has 133 valence electrons. The topological polar surface area (TPSA) is 65.8 Å². The predicted octanol–water partition coefficient (Wildman–Crippen LogP) is 3.65. The highest BCUT2D eigenvalue weighted by Gasteiger charge is 2.15. The van der Waals surface area contributed by atoms with Gasteiger partial charge in [0.1, 0.15) is 0 Å². The minimum Gasteiger partial charge on any atom is -0.272 e. The van der Waals surface area contributed by atoms with Crippen molar-refractivity contribution in [3.05, 3.63) is 50.2 Å². The second-order valence-corrected chi connectivity index (χ2v) is 6.31. The van der Waals surface area contributed by atoms with Gasteiger partial charge in [-0.3, -0.25) is 9.36 Å². The Morgan fingerprint density at radius 1 is 1.00 bits per heavy atom. The SMILES string of the molecule is [CH2]Cn1cc(-c2cn3nccc3c(-c3cnn(C(CC)CC)c3)n2)cn1. The first-order valence-corrected chi connectivity index (χ1v) is 8.94. The van der Waals surface area contributed by atoms with Gasteiger partial charge in [-0.1, -0.05) is 13.8 Å². The third kappa shape index (κ3) is 2.79. The molecule has 0 aliphatic carbocycles. The largest absolute Gasteiger partial charge is 0.272 e. The van der Waals surface area contributed by atoms with E-state index in [9.17, 15) is 0 Å². The molecule has 4 aromatic rings. The van der Waals surface area contributed by atoms with Crippen molar-refractivity contribution in [2.45, 2.75) is 39.3 Å². The standard InChI is InChI=1S/C19H22N7/c1-4-16(5-2)25-12-15(10-22-25)19-18-7-8-20-26(18)13-17(23-19)14-9-21-24(6-3)11-14/h7-13,16H,3-6H2,1-2H3. The van der Waals surface area contributed by atoms with E-state index in [1.165, 1.54) is 0 Å². The highest BCUT2D eigenvalue weighted by atomic mass is 15.3. The maximum absolute atomic E-state index is 4.90. The first-order valence-electron chi connectivity index (χ1n) is 8.94. The maximum Gasteiger partial charge on any atom is 0.0999 e. The second-order valence-electron chi connectivity index (χ2n) is 6.31. The molecule has 4 rings (SSSR count). The smallest absolute Gasteiger partial charge is 0.0999 e. The molecule has 0 saturated carbocycles. The number of hydrogen-bond donors (Lipinski definition) is 0. The van der Waals surface area contributed by atoms with Crippen molar-refractivity contribution >= 4 is 5.52 Å². The quantitative estimate of drug-likeness (QED) is 0.533. The van der Waals surface area contributed by atoms with Gasteiger partial charge in [-0.25, -0.2) is 9.50 Å². The molecule has 26 heavy (non-hydrogen) atoms. The van der Waals surface area contributed by atoms with Gasteiger partial charge in [0.25, 0.3) is 0 Å². The molecular formula is C19H22N7. The first kappa shape index (κ1) is 16.5. The number of rotatable bonds is 6. The lowest BCUT2D eigenvalue weighted by atomic mass is 10.1. The van der Waals surface area contributed by atoms with Gasteiger partial charge in [-0.15, -0.1) is 0 Å². The molecule has 0 spiro atoms. The zero-order valence-corrected chi connectivity index (χ0v) is 15.1. The van der Waals surface area contributed by atoms with Gasteiger partial charge >= 0.3 is 0 Å². The van der Waals surface area contributed by atoms with E-state index < -0.39 is 0 Å². The molecule has 0 saturated heterocycles. The average Bonchev–Trinajstić information content (AvgIpc) is 3.41. The van der Waals surface area contributed by atoms with Crippen LogP contribution in [0.3, 0.4) is 0 Å². The highest BCUT2D eigenvalue weighted by molar-refractivity contribution is 5.78. The van der Waals surface area contributed by atoms with Crippen LogP contribution in [0.4, 0.5) is 0 Å². The second kappa shape index (κ2) is 6.74. The van der Waals surface area contributed by atoms with Gasteiger partial charge in [-0.2, -0.15) is 15.3 Å². The van der Waals surface area contributed by atoms with Crippen LogP contribution in [-0.2, 0) is 6.54 Å². The monoisotopic (exact) mass is 348 g/mol. The molecule has 1 radical (unpaired) electrons. The number of aromatic nitrogens is 7. The fourth-order valence-electron chi connectivity index (χ4n) is 3.22. The Morgan fingerprint density at radius 3 is 2.54 bits per heavy atom. The van der Waals surface area contributed by atoms with Crippen molar-refractivity contribution < 1.29 is 0 Å². The van der Waals surface area contributed by atoms with Crippen LogP contribution in [-0.4, -0.2) is 34.2 Å². The summed E-state index contributed by atoms with van der Waals surface area (Å²) in [6, 6.07) is 2.38. The molecule has 0 aliphatic rings. The van der Waals surface area contributed by atoms with Gasteiger partial charge in [0.05, 0.1) is 47.7 Å². The van der Waals surface area contributed by atoms with E-state index in [-0.39, 0.29) is 0 Å². The molecular weight excluding hydrogens is 326 g/mol. The van der Waals surface area contributed by atoms with E-state index in [1.807, 2.05) is 33.9 Å². The number of nitrogens with zero attached hydrogens (tertiary/aromatic N) is 7. The average molecular weight is 348 g/mol. The summed E-state index contributed by atoms with van der Waals surface area (Å²) in [6.45, 7) is 8.81. The van der Waals surface area contributed by atoms with Crippen LogP contribution < -0.4 is 0 Å². The molecule has 7 heteroatoms.